The minimum Gasteiger partial charge on any atom is -0.343 e. The number of amides is 3. The Morgan fingerprint density at radius 3 is 2.23 bits per heavy atom. The van der Waals surface area contributed by atoms with E-state index < -0.39 is 29.8 Å². The van der Waals surface area contributed by atoms with E-state index in [1.54, 1.807) is 11.1 Å². The quantitative estimate of drug-likeness (QED) is 0.204. The molecule has 0 bridgehead atoms. The molecule has 0 saturated carbocycles. The van der Waals surface area contributed by atoms with Gasteiger partial charge in [-0.3, -0.25) is 19.4 Å². The Bertz CT molecular complexity index is 1260. The van der Waals surface area contributed by atoms with Gasteiger partial charge in [-0.1, -0.05) is 62.4 Å². The second-order valence-corrected chi connectivity index (χ2v) is 10.2. The number of nitrogens with one attached hydrogen (secondary N) is 2. The van der Waals surface area contributed by atoms with Gasteiger partial charge in [-0.15, -0.1) is 0 Å². The molecule has 0 aliphatic carbocycles. The lowest BCUT2D eigenvalue weighted by molar-refractivity contribution is -0.141. The zero-order chi connectivity index (χ0) is 29.1. The second-order valence-electron chi connectivity index (χ2n) is 10.2. The minimum atomic E-state index is -1.17. The molecule has 3 amide bonds. The molecule has 1 heterocycles. The summed E-state index contributed by atoms with van der Waals surface area (Å²) >= 11 is 0. The van der Waals surface area contributed by atoms with Gasteiger partial charge in [0, 0.05) is 31.6 Å². The molecular formula is C30H41N7O3. The Kier molecular flexibility index (Phi) is 11.6. The average Bonchev–Trinajstić information content (AvgIpc) is 2.95. The molecule has 0 spiro atoms. The van der Waals surface area contributed by atoms with Crippen LogP contribution in [0.2, 0.25) is 0 Å². The van der Waals surface area contributed by atoms with E-state index in [-0.39, 0.29) is 24.9 Å². The predicted molar refractivity (Wildman–Crippen MR) is 158 cm³/mol. The maximum atomic E-state index is 13.4. The van der Waals surface area contributed by atoms with Crippen LogP contribution in [0.15, 0.2) is 66.9 Å². The number of nitrogens with zero attached hydrogens (tertiary/aromatic N) is 2. The number of nitrogens with two attached hydrogens (primary N) is 3. The summed E-state index contributed by atoms with van der Waals surface area (Å²) in [6.07, 6.45) is 2.47. The van der Waals surface area contributed by atoms with Crippen LogP contribution in [-0.2, 0) is 20.8 Å². The van der Waals surface area contributed by atoms with Crippen molar-refractivity contribution in [1.29, 1.82) is 0 Å². The topological polar surface area (TPSA) is 169 Å². The molecule has 1 aromatic heterocycles. The number of anilines is 1. The first-order valence-electron chi connectivity index (χ1n) is 13.7. The van der Waals surface area contributed by atoms with Gasteiger partial charge in [0.2, 0.25) is 17.7 Å². The zero-order valence-corrected chi connectivity index (χ0v) is 23.3. The lowest BCUT2D eigenvalue weighted by Gasteiger charge is -2.32. The summed E-state index contributed by atoms with van der Waals surface area (Å²) < 4.78 is 0. The van der Waals surface area contributed by atoms with E-state index in [2.05, 4.69) is 15.6 Å². The van der Waals surface area contributed by atoms with Crippen LogP contribution in [0.3, 0.4) is 0 Å². The Labute approximate surface area is 235 Å². The molecule has 0 radical (unpaired) electrons. The highest BCUT2D eigenvalue weighted by molar-refractivity contribution is 5.99. The van der Waals surface area contributed by atoms with Crippen molar-refractivity contribution in [2.75, 3.05) is 31.5 Å². The Morgan fingerprint density at radius 2 is 1.57 bits per heavy atom. The first-order valence-corrected chi connectivity index (χ1v) is 13.7. The van der Waals surface area contributed by atoms with Crippen molar-refractivity contribution in [2.45, 2.75) is 38.8 Å². The fraction of sp³-hybridized carbons (Fsp3) is 0.400. The van der Waals surface area contributed by atoms with E-state index in [1.807, 2.05) is 74.5 Å². The Balaban J connectivity index is 1.79. The van der Waals surface area contributed by atoms with Crippen LogP contribution in [-0.4, -0.2) is 65.9 Å². The van der Waals surface area contributed by atoms with E-state index in [4.69, 9.17) is 17.2 Å². The van der Waals surface area contributed by atoms with E-state index >= 15 is 0 Å². The fourth-order valence-electron chi connectivity index (χ4n) is 4.73. The standard InChI is InChI=1S/C30H41N7O3/c1-20(2)26(30(40)37(16-14-31)17-15-32)27(33)29(39)36-25(13-12-21-8-4-3-5-9-21)28(38)35-23-18-22-10-6-7-11-24(22)34-19-23/h3-11,18-20,25-27H,12-17,31-33H2,1-2H3,(H,35,38)(H,36,39). The first kappa shape index (κ1) is 30.7. The normalized spacial score (nSPS) is 13.4. The number of benzene rings is 2. The molecular weight excluding hydrogens is 506 g/mol. The van der Waals surface area contributed by atoms with Crippen molar-refractivity contribution in [2.24, 2.45) is 29.0 Å². The Morgan fingerprint density at radius 1 is 0.925 bits per heavy atom. The number of carbonyl (C=O) groups excluding carboxylic acids is 3. The molecule has 3 unspecified atom stereocenters. The zero-order valence-electron chi connectivity index (χ0n) is 23.3. The molecule has 3 aromatic rings. The average molecular weight is 548 g/mol. The van der Waals surface area contributed by atoms with Crippen LogP contribution >= 0.6 is 0 Å². The van der Waals surface area contributed by atoms with Gasteiger partial charge in [0.1, 0.15) is 6.04 Å². The summed E-state index contributed by atoms with van der Waals surface area (Å²) in [6, 6.07) is 17.1. The third-order valence-electron chi connectivity index (χ3n) is 6.86. The smallest absolute Gasteiger partial charge is 0.247 e. The number of rotatable bonds is 14. The third-order valence-corrected chi connectivity index (χ3v) is 6.86. The molecule has 8 N–H and O–H groups in total. The van der Waals surface area contributed by atoms with Gasteiger partial charge in [-0.2, -0.15) is 0 Å². The van der Waals surface area contributed by atoms with Gasteiger partial charge < -0.3 is 32.7 Å². The van der Waals surface area contributed by atoms with E-state index in [0.717, 1.165) is 16.5 Å². The van der Waals surface area contributed by atoms with Crippen molar-refractivity contribution in [1.82, 2.24) is 15.2 Å². The number of hydrogen-bond donors (Lipinski definition) is 5. The molecule has 3 rings (SSSR count). The molecule has 214 valence electrons. The van der Waals surface area contributed by atoms with Crippen molar-refractivity contribution in [3.8, 4) is 0 Å². The van der Waals surface area contributed by atoms with E-state index in [0.29, 0.717) is 31.6 Å². The molecule has 3 atom stereocenters. The summed E-state index contributed by atoms with van der Waals surface area (Å²) in [5.41, 5.74) is 20.1. The van der Waals surface area contributed by atoms with Gasteiger partial charge in [0.15, 0.2) is 0 Å². The van der Waals surface area contributed by atoms with Crippen LogP contribution in [0.5, 0.6) is 0 Å². The third kappa shape index (κ3) is 8.32. The summed E-state index contributed by atoms with van der Waals surface area (Å²) in [6.45, 7) is 4.84. The number of aromatic nitrogens is 1. The largest absolute Gasteiger partial charge is 0.343 e. The molecule has 2 aromatic carbocycles. The highest BCUT2D eigenvalue weighted by Crippen LogP contribution is 2.20. The lowest BCUT2D eigenvalue weighted by Crippen LogP contribution is -2.57. The molecule has 10 nitrogen and oxygen atoms in total. The predicted octanol–water partition coefficient (Wildman–Crippen LogP) is 1.64. The fourth-order valence-corrected chi connectivity index (χ4v) is 4.73. The monoisotopic (exact) mass is 547 g/mol. The molecule has 10 heteroatoms. The second kappa shape index (κ2) is 15.1. The highest BCUT2D eigenvalue weighted by atomic mass is 16.2. The molecule has 40 heavy (non-hydrogen) atoms. The molecule has 0 aliphatic rings. The van der Waals surface area contributed by atoms with Crippen LogP contribution in [0.4, 0.5) is 5.69 Å². The number of fused-ring (bicyclic) bond motifs is 1. The molecule has 0 saturated heterocycles. The van der Waals surface area contributed by atoms with Crippen LogP contribution in [0, 0.1) is 11.8 Å². The summed E-state index contributed by atoms with van der Waals surface area (Å²) in [4.78, 5) is 46.2. The number of aryl methyl sites for hydroxylation is 1. The van der Waals surface area contributed by atoms with Crippen LogP contribution in [0.1, 0.15) is 25.8 Å². The number of pyridine rings is 1. The Hall–Kier alpha value is -3.86. The maximum Gasteiger partial charge on any atom is 0.247 e. The van der Waals surface area contributed by atoms with Crippen molar-refractivity contribution >= 4 is 34.3 Å². The van der Waals surface area contributed by atoms with E-state index in [1.165, 1.54) is 0 Å². The van der Waals surface area contributed by atoms with E-state index in [9.17, 15) is 14.4 Å². The summed E-state index contributed by atoms with van der Waals surface area (Å²) in [5.74, 6) is -2.28. The molecule has 0 fully saturated rings. The van der Waals surface area contributed by atoms with Gasteiger partial charge in [-0.25, -0.2) is 0 Å². The van der Waals surface area contributed by atoms with Gasteiger partial charge in [0.05, 0.1) is 29.4 Å². The summed E-state index contributed by atoms with van der Waals surface area (Å²) in [5, 5.41) is 6.58. The highest BCUT2D eigenvalue weighted by Gasteiger charge is 2.37. The maximum absolute atomic E-state index is 13.4. The number of carbonyl (C=O) groups is 3. The van der Waals surface area contributed by atoms with Crippen molar-refractivity contribution in [3.05, 3.63) is 72.4 Å². The van der Waals surface area contributed by atoms with Crippen LogP contribution < -0.4 is 27.8 Å². The van der Waals surface area contributed by atoms with Crippen LogP contribution in [0.25, 0.3) is 10.9 Å². The molecule has 0 aliphatic heterocycles. The number of para-hydroxylation sites is 1. The van der Waals surface area contributed by atoms with Crippen molar-refractivity contribution in [3.63, 3.8) is 0 Å². The van der Waals surface area contributed by atoms with Gasteiger partial charge in [-0.05, 0) is 36.5 Å². The first-order chi connectivity index (χ1) is 19.2. The lowest BCUT2D eigenvalue weighted by atomic mass is 9.86. The minimum absolute atomic E-state index is 0.230. The van der Waals surface area contributed by atoms with Gasteiger partial charge in [0.25, 0.3) is 0 Å². The van der Waals surface area contributed by atoms with Gasteiger partial charge >= 0.3 is 0 Å². The summed E-state index contributed by atoms with van der Waals surface area (Å²) in [7, 11) is 0. The van der Waals surface area contributed by atoms with Crippen molar-refractivity contribution < 1.29 is 14.4 Å². The number of hydrogen-bond acceptors (Lipinski definition) is 7. The SMILES string of the molecule is CC(C)C(C(=O)N(CCN)CCN)C(N)C(=O)NC(CCc1ccccc1)C(=O)Nc1cnc2ccccc2c1.